The first kappa shape index (κ1) is 17.6. The van der Waals surface area contributed by atoms with Gasteiger partial charge in [-0.1, -0.05) is 35.5 Å². The summed E-state index contributed by atoms with van der Waals surface area (Å²) in [6.07, 6.45) is 0. The van der Waals surface area contributed by atoms with E-state index in [0.29, 0.717) is 6.61 Å². The number of hydrogen-bond donors (Lipinski definition) is 0. The Bertz CT molecular complexity index is 819. The van der Waals surface area contributed by atoms with Gasteiger partial charge in [0.05, 0.1) is 7.11 Å². The van der Waals surface area contributed by atoms with Gasteiger partial charge in [-0.3, -0.25) is 0 Å². The van der Waals surface area contributed by atoms with Crippen LogP contribution in [-0.4, -0.2) is 21.9 Å². The molecule has 0 aliphatic heterocycles. The van der Waals surface area contributed by atoms with Crippen molar-refractivity contribution in [1.82, 2.24) is 14.8 Å². The Hall–Kier alpha value is -2.18. The van der Waals surface area contributed by atoms with Crippen LogP contribution in [0.3, 0.4) is 0 Å². The molecule has 0 amide bonds. The van der Waals surface area contributed by atoms with E-state index in [1.54, 1.807) is 18.9 Å². The summed E-state index contributed by atoms with van der Waals surface area (Å²) in [4.78, 5) is 0. The van der Waals surface area contributed by atoms with Crippen LogP contribution in [0, 0.1) is 0 Å². The highest BCUT2D eigenvalue weighted by Crippen LogP contribution is 2.23. The predicted octanol–water partition coefficient (Wildman–Crippen LogP) is 4.35. The van der Waals surface area contributed by atoms with Crippen molar-refractivity contribution in [2.45, 2.75) is 17.5 Å². The number of benzene rings is 2. The molecule has 0 N–H and O–H groups in total. The number of ether oxygens (including phenoxy) is 2. The van der Waals surface area contributed by atoms with Gasteiger partial charge in [0.1, 0.15) is 18.1 Å². The van der Waals surface area contributed by atoms with Gasteiger partial charge in [0.2, 0.25) is 0 Å². The summed E-state index contributed by atoms with van der Waals surface area (Å²) in [7, 11) is 3.58. The highest BCUT2D eigenvalue weighted by molar-refractivity contribution is 7.98. The number of methoxy groups -OCH3 is 1. The molecule has 0 bridgehead atoms. The second kappa shape index (κ2) is 8.27. The molecule has 0 unspecified atom stereocenters. The number of halogens is 1. The first-order chi connectivity index (χ1) is 12.2. The zero-order valence-corrected chi connectivity index (χ0v) is 15.5. The smallest absolute Gasteiger partial charge is 0.191 e. The van der Waals surface area contributed by atoms with Gasteiger partial charge in [0.25, 0.3) is 0 Å². The molecule has 3 rings (SSSR count). The Morgan fingerprint density at radius 3 is 2.36 bits per heavy atom. The fraction of sp³-hybridized carbons (Fsp3) is 0.222. The summed E-state index contributed by atoms with van der Waals surface area (Å²) in [5, 5.41) is 10.0. The summed E-state index contributed by atoms with van der Waals surface area (Å²) < 4.78 is 12.8. The van der Waals surface area contributed by atoms with Gasteiger partial charge in [0, 0.05) is 17.8 Å². The molecule has 5 nitrogen and oxygen atoms in total. The molecule has 25 heavy (non-hydrogen) atoms. The quantitative estimate of drug-likeness (QED) is 0.574. The predicted molar refractivity (Wildman–Crippen MR) is 99.3 cm³/mol. The molecule has 130 valence electrons. The van der Waals surface area contributed by atoms with Crippen molar-refractivity contribution in [3.05, 3.63) is 64.9 Å². The molecule has 0 aliphatic rings. The van der Waals surface area contributed by atoms with Gasteiger partial charge in [-0.25, -0.2) is 0 Å². The lowest BCUT2D eigenvalue weighted by Gasteiger charge is -2.07. The van der Waals surface area contributed by atoms with E-state index in [2.05, 4.69) is 10.2 Å². The first-order valence-corrected chi connectivity index (χ1v) is 9.04. The van der Waals surface area contributed by atoms with Crippen molar-refractivity contribution in [3.63, 3.8) is 0 Å². The van der Waals surface area contributed by atoms with Gasteiger partial charge >= 0.3 is 0 Å². The number of hydrogen-bond acceptors (Lipinski definition) is 5. The molecule has 0 atom stereocenters. The lowest BCUT2D eigenvalue weighted by molar-refractivity contribution is 0.290. The monoisotopic (exact) mass is 375 g/mol. The summed E-state index contributed by atoms with van der Waals surface area (Å²) >= 11 is 7.53. The van der Waals surface area contributed by atoms with Crippen LogP contribution < -0.4 is 9.47 Å². The van der Waals surface area contributed by atoms with E-state index in [1.807, 2.05) is 60.1 Å². The third kappa shape index (κ3) is 4.67. The molecule has 0 aliphatic carbocycles. The average Bonchev–Trinajstić information content (AvgIpc) is 3.00. The number of nitrogens with zero attached hydrogens (tertiary/aromatic N) is 3. The molecular weight excluding hydrogens is 358 g/mol. The second-order valence-corrected chi connectivity index (χ2v) is 6.72. The highest BCUT2D eigenvalue weighted by atomic mass is 35.5. The lowest BCUT2D eigenvalue weighted by Crippen LogP contribution is -2.04. The molecule has 0 fully saturated rings. The topological polar surface area (TPSA) is 49.2 Å². The van der Waals surface area contributed by atoms with Crippen molar-refractivity contribution < 1.29 is 9.47 Å². The molecular formula is C18H18ClN3O2S. The van der Waals surface area contributed by atoms with E-state index in [0.717, 1.165) is 33.3 Å². The summed E-state index contributed by atoms with van der Waals surface area (Å²) in [6, 6.07) is 15.3. The Balaban J connectivity index is 1.57. The van der Waals surface area contributed by atoms with E-state index in [1.165, 1.54) is 5.56 Å². The molecule has 3 aromatic rings. The highest BCUT2D eigenvalue weighted by Gasteiger charge is 2.10. The van der Waals surface area contributed by atoms with Crippen LogP contribution in [0.1, 0.15) is 11.4 Å². The molecule has 0 saturated carbocycles. The Morgan fingerprint density at radius 2 is 1.68 bits per heavy atom. The largest absolute Gasteiger partial charge is 0.497 e. The van der Waals surface area contributed by atoms with Crippen LogP contribution in [0.4, 0.5) is 0 Å². The summed E-state index contributed by atoms with van der Waals surface area (Å²) in [5.74, 6) is 3.14. The van der Waals surface area contributed by atoms with Crippen molar-refractivity contribution in [2.75, 3.05) is 7.11 Å². The third-order valence-electron chi connectivity index (χ3n) is 3.63. The van der Waals surface area contributed by atoms with Crippen LogP contribution in [0.25, 0.3) is 0 Å². The summed E-state index contributed by atoms with van der Waals surface area (Å²) in [5.41, 5.74) is 1.19. The van der Waals surface area contributed by atoms with E-state index in [4.69, 9.17) is 21.1 Å². The van der Waals surface area contributed by atoms with Gasteiger partial charge in [0.15, 0.2) is 11.0 Å². The van der Waals surface area contributed by atoms with Gasteiger partial charge in [-0.15, -0.1) is 10.2 Å². The van der Waals surface area contributed by atoms with E-state index < -0.39 is 0 Å². The molecule has 0 saturated heterocycles. The van der Waals surface area contributed by atoms with Crippen LogP contribution in [0.2, 0.25) is 5.02 Å². The summed E-state index contributed by atoms with van der Waals surface area (Å²) in [6.45, 7) is 0.358. The molecule has 1 aromatic heterocycles. The second-order valence-electron chi connectivity index (χ2n) is 5.34. The Labute approximate surface area is 155 Å². The van der Waals surface area contributed by atoms with Crippen molar-refractivity contribution in [1.29, 1.82) is 0 Å². The Morgan fingerprint density at radius 1 is 1.00 bits per heavy atom. The zero-order valence-electron chi connectivity index (χ0n) is 14.0. The van der Waals surface area contributed by atoms with E-state index in [9.17, 15) is 0 Å². The average molecular weight is 376 g/mol. The molecule has 7 heteroatoms. The van der Waals surface area contributed by atoms with Crippen molar-refractivity contribution >= 4 is 23.4 Å². The van der Waals surface area contributed by atoms with Crippen LogP contribution in [-0.2, 0) is 19.4 Å². The van der Waals surface area contributed by atoms with Crippen LogP contribution >= 0.6 is 23.4 Å². The van der Waals surface area contributed by atoms with Gasteiger partial charge in [-0.05, 0) is 42.0 Å². The fourth-order valence-electron chi connectivity index (χ4n) is 2.14. The molecule has 1 heterocycles. The van der Waals surface area contributed by atoms with Crippen LogP contribution in [0.5, 0.6) is 11.5 Å². The minimum absolute atomic E-state index is 0.358. The van der Waals surface area contributed by atoms with Gasteiger partial charge < -0.3 is 14.0 Å². The standard InChI is InChI=1S/C18H18ClN3O2S/c1-22-17(11-24-16-9-7-15(23-2)8-10-16)20-21-18(22)25-12-13-3-5-14(19)6-4-13/h3-10H,11-12H2,1-2H3. The SMILES string of the molecule is COc1ccc(OCc2nnc(SCc3ccc(Cl)cc3)n2C)cc1. The van der Waals surface area contributed by atoms with E-state index in [-0.39, 0.29) is 0 Å². The first-order valence-electron chi connectivity index (χ1n) is 7.68. The minimum atomic E-state index is 0.358. The fourth-order valence-corrected chi connectivity index (χ4v) is 3.16. The number of rotatable bonds is 7. The normalized spacial score (nSPS) is 10.7. The maximum Gasteiger partial charge on any atom is 0.191 e. The maximum absolute atomic E-state index is 5.91. The molecule has 0 spiro atoms. The Kier molecular flexibility index (Phi) is 5.83. The zero-order chi connectivity index (χ0) is 17.6. The lowest BCUT2D eigenvalue weighted by atomic mass is 10.2. The van der Waals surface area contributed by atoms with Crippen molar-refractivity contribution in [2.24, 2.45) is 7.05 Å². The van der Waals surface area contributed by atoms with E-state index >= 15 is 0 Å². The number of thioether (sulfide) groups is 1. The van der Waals surface area contributed by atoms with Gasteiger partial charge in [-0.2, -0.15) is 0 Å². The van der Waals surface area contributed by atoms with Crippen LogP contribution in [0.15, 0.2) is 53.7 Å². The number of aromatic nitrogens is 3. The van der Waals surface area contributed by atoms with Crippen molar-refractivity contribution in [3.8, 4) is 11.5 Å². The molecule has 0 radical (unpaired) electrons. The molecule has 2 aromatic carbocycles. The third-order valence-corrected chi connectivity index (χ3v) is 4.98. The minimum Gasteiger partial charge on any atom is -0.497 e. The maximum atomic E-state index is 5.91.